The third-order valence-electron chi connectivity index (χ3n) is 4.87. The van der Waals surface area contributed by atoms with E-state index >= 15 is 0 Å². The van der Waals surface area contributed by atoms with Crippen LogP contribution in [0, 0.1) is 22.7 Å². The summed E-state index contributed by atoms with van der Waals surface area (Å²) in [5.41, 5.74) is 6.84. The summed E-state index contributed by atoms with van der Waals surface area (Å²) >= 11 is 3.45. The van der Waals surface area contributed by atoms with Crippen LogP contribution in [0.3, 0.4) is 0 Å². The molecule has 2 aromatic heterocycles. The summed E-state index contributed by atoms with van der Waals surface area (Å²) in [4.78, 5) is 2.45. The molecule has 0 atom stereocenters. The second-order valence-electron chi connectivity index (χ2n) is 6.86. The molecule has 3 nitrogen and oxygen atoms in total. The Morgan fingerprint density at radius 1 is 0.806 bits per heavy atom. The van der Waals surface area contributed by atoms with Gasteiger partial charge >= 0.3 is 0 Å². The standard InChI is InChI=1S/C26H18N2OS2/c1-29-17-19-4-8-22(9-5-19)26-24(11-13-31-26)23-10-12-30-25(23)21-6-2-18(3-7-21)14-20(15-27)16-28/h2-14H,17H2,1H3. The lowest BCUT2D eigenvalue weighted by Crippen LogP contribution is -1.87. The van der Waals surface area contributed by atoms with Crippen LogP contribution in [0.4, 0.5) is 0 Å². The molecule has 2 aromatic carbocycles. The van der Waals surface area contributed by atoms with Crippen LogP contribution in [-0.4, -0.2) is 7.11 Å². The molecule has 0 saturated carbocycles. The van der Waals surface area contributed by atoms with Gasteiger partial charge in [0, 0.05) is 28.0 Å². The molecular formula is C26H18N2OS2. The van der Waals surface area contributed by atoms with Gasteiger partial charge in [0.1, 0.15) is 17.7 Å². The van der Waals surface area contributed by atoms with Crippen LogP contribution in [0.2, 0.25) is 0 Å². The van der Waals surface area contributed by atoms with Crippen molar-refractivity contribution in [2.75, 3.05) is 7.11 Å². The summed E-state index contributed by atoms with van der Waals surface area (Å²) in [6.45, 7) is 0.613. The number of nitriles is 2. The number of rotatable bonds is 6. The maximum absolute atomic E-state index is 8.95. The van der Waals surface area contributed by atoms with E-state index in [0.717, 1.165) is 16.7 Å². The van der Waals surface area contributed by atoms with E-state index in [1.54, 1.807) is 35.9 Å². The number of hydrogen-bond donors (Lipinski definition) is 0. The van der Waals surface area contributed by atoms with E-state index in [9.17, 15) is 0 Å². The van der Waals surface area contributed by atoms with Gasteiger partial charge in [-0.15, -0.1) is 22.7 Å². The highest BCUT2D eigenvalue weighted by Crippen LogP contribution is 2.43. The molecule has 0 fully saturated rings. The second-order valence-corrected chi connectivity index (χ2v) is 8.69. The Morgan fingerprint density at radius 3 is 1.81 bits per heavy atom. The summed E-state index contributed by atoms with van der Waals surface area (Å²) in [6, 6.07) is 24.6. The first-order valence-corrected chi connectivity index (χ1v) is 11.4. The van der Waals surface area contributed by atoms with Crippen LogP contribution in [-0.2, 0) is 11.3 Å². The Morgan fingerprint density at radius 2 is 1.32 bits per heavy atom. The second kappa shape index (κ2) is 9.55. The van der Waals surface area contributed by atoms with Crippen molar-refractivity contribution in [1.82, 2.24) is 0 Å². The molecule has 31 heavy (non-hydrogen) atoms. The van der Waals surface area contributed by atoms with Crippen molar-refractivity contribution in [3.8, 4) is 44.1 Å². The Kier molecular flexibility index (Phi) is 6.40. The largest absolute Gasteiger partial charge is 0.380 e. The third kappa shape index (κ3) is 4.50. The lowest BCUT2D eigenvalue weighted by molar-refractivity contribution is 0.185. The molecule has 0 bridgehead atoms. The van der Waals surface area contributed by atoms with Crippen molar-refractivity contribution >= 4 is 28.7 Å². The molecule has 0 spiro atoms. The van der Waals surface area contributed by atoms with Crippen LogP contribution in [0.1, 0.15) is 11.1 Å². The van der Waals surface area contributed by atoms with Crippen molar-refractivity contribution in [1.29, 1.82) is 10.5 Å². The molecule has 0 aliphatic heterocycles. The SMILES string of the molecule is COCc1ccc(-c2sccc2-c2ccsc2-c2ccc(C=C(C#N)C#N)cc2)cc1. The number of thiophene rings is 2. The molecule has 0 saturated heterocycles. The number of methoxy groups -OCH3 is 1. The lowest BCUT2D eigenvalue weighted by atomic mass is 9.99. The minimum Gasteiger partial charge on any atom is -0.380 e. The molecule has 0 radical (unpaired) electrons. The molecule has 0 aliphatic carbocycles. The van der Waals surface area contributed by atoms with E-state index < -0.39 is 0 Å². The smallest absolute Gasteiger partial charge is 0.130 e. The van der Waals surface area contributed by atoms with Crippen LogP contribution >= 0.6 is 22.7 Å². The number of benzene rings is 2. The molecule has 0 N–H and O–H groups in total. The highest BCUT2D eigenvalue weighted by atomic mass is 32.1. The zero-order valence-corrected chi connectivity index (χ0v) is 18.5. The summed E-state index contributed by atoms with van der Waals surface area (Å²) in [6.07, 6.45) is 1.60. The Hall–Kier alpha value is -3.48. The van der Waals surface area contributed by atoms with E-state index in [1.807, 2.05) is 36.4 Å². The number of nitrogens with zero attached hydrogens (tertiary/aromatic N) is 2. The Bertz CT molecular complexity index is 1280. The summed E-state index contributed by atoms with van der Waals surface area (Å²) in [5.74, 6) is 0. The van der Waals surface area contributed by atoms with Gasteiger partial charge in [-0.3, -0.25) is 0 Å². The fourth-order valence-corrected chi connectivity index (χ4v) is 5.23. The predicted molar refractivity (Wildman–Crippen MR) is 128 cm³/mol. The van der Waals surface area contributed by atoms with Gasteiger partial charge in [-0.05, 0) is 51.2 Å². The molecule has 150 valence electrons. The van der Waals surface area contributed by atoms with Gasteiger partial charge in [0.05, 0.1) is 6.61 Å². The van der Waals surface area contributed by atoms with Crippen molar-refractivity contribution < 1.29 is 4.74 Å². The molecule has 4 rings (SSSR count). The fourth-order valence-electron chi connectivity index (χ4n) is 3.40. The average Bonchev–Trinajstić information content (AvgIpc) is 3.48. The minimum atomic E-state index is 0.101. The van der Waals surface area contributed by atoms with E-state index in [2.05, 4.69) is 47.2 Å². The molecule has 2 heterocycles. The summed E-state index contributed by atoms with van der Waals surface area (Å²) in [5, 5.41) is 22.2. The first-order chi connectivity index (χ1) is 15.2. The zero-order valence-electron chi connectivity index (χ0n) is 16.8. The van der Waals surface area contributed by atoms with Gasteiger partial charge in [0.25, 0.3) is 0 Å². The van der Waals surface area contributed by atoms with Crippen LogP contribution in [0.5, 0.6) is 0 Å². The molecule has 0 unspecified atom stereocenters. The summed E-state index contributed by atoms with van der Waals surface area (Å²) < 4.78 is 5.22. The lowest BCUT2D eigenvalue weighted by Gasteiger charge is -2.08. The normalized spacial score (nSPS) is 10.3. The highest BCUT2D eigenvalue weighted by Gasteiger charge is 2.15. The number of hydrogen-bond acceptors (Lipinski definition) is 5. The van der Waals surface area contributed by atoms with Crippen molar-refractivity contribution in [2.45, 2.75) is 6.61 Å². The van der Waals surface area contributed by atoms with E-state index in [4.69, 9.17) is 15.3 Å². The predicted octanol–water partition coefficient (Wildman–Crippen LogP) is 7.39. The van der Waals surface area contributed by atoms with Gasteiger partial charge in [-0.2, -0.15) is 10.5 Å². The molecular weight excluding hydrogens is 420 g/mol. The molecule has 5 heteroatoms. The number of allylic oxidation sites excluding steroid dienone is 1. The van der Waals surface area contributed by atoms with Crippen molar-refractivity contribution in [3.63, 3.8) is 0 Å². The fraction of sp³-hybridized carbons (Fsp3) is 0.0769. The van der Waals surface area contributed by atoms with Gasteiger partial charge in [-0.1, -0.05) is 48.5 Å². The molecule has 0 aliphatic rings. The maximum Gasteiger partial charge on any atom is 0.130 e. The van der Waals surface area contributed by atoms with Crippen LogP contribution < -0.4 is 0 Å². The quantitative estimate of drug-likeness (QED) is 0.295. The van der Waals surface area contributed by atoms with Gasteiger partial charge < -0.3 is 4.74 Å². The molecule has 4 aromatic rings. The number of ether oxygens (including phenoxy) is 1. The maximum atomic E-state index is 8.95. The third-order valence-corrected chi connectivity index (χ3v) is 6.80. The van der Waals surface area contributed by atoms with Gasteiger partial charge in [-0.25, -0.2) is 0 Å². The zero-order chi connectivity index (χ0) is 21.6. The first-order valence-electron chi connectivity index (χ1n) is 9.59. The Labute approximate surface area is 189 Å². The Balaban J connectivity index is 1.68. The average molecular weight is 439 g/mol. The van der Waals surface area contributed by atoms with E-state index in [1.165, 1.54) is 26.4 Å². The van der Waals surface area contributed by atoms with E-state index in [-0.39, 0.29) is 5.57 Å². The topological polar surface area (TPSA) is 56.8 Å². The van der Waals surface area contributed by atoms with Crippen LogP contribution in [0.25, 0.3) is 38.1 Å². The van der Waals surface area contributed by atoms with Gasteiger partial charge in [0.2, 0.25) is 0 Å². The van der Waals surface area contributed by atoms with Crippen LogP contribution in [0.15, 0.2) is 77.0 Å². The summed E-state index contributed by atoms with van der Waals surface area (Å²) in [7, 11) is 1.71. The van der Waals surface area contributed by atoms with Crippen molar-refractivity contribution in [2.24, 2.45) is 0 Å². The van der Waals surface area contributed by atoms with Crippen molar-refractivity contribution in [3.05, 3.63) is 88.1 Å². The first kappa shape index (κ1) is 20.8. The van der Waals surface area contributed by atoms with Gasteiger partial charge in [0.15, 0.2) is 0 Å². The van der Waals surface area contributed by atoms with E-state index in [0.29, 0.717) is 6.61 Å². The molecule has 0 amide bonds. The minimum absolute atomic E-state index is 0.101. The highest BCUT2D eigenvalue weighted by molar-refractivity contribution is 7.15. The monoisotopic (exact) mass is 438 g/mol.